The van der Waals surface area contributed by atoms with Crippen molar-refractivity contribution in [1.29, 1.82) is 0 Å². The van der Waals surface area contributed by atoms with E-state index in [1.165, 1.54) is 0 Å². The fraction of sp³-hybridized carbons (Fsp3) is 0.917. The second-order valence-electron chi connectivity index (χ2n) is 5.02. The number of ether oxygens (including phenoxy) is 1. The number of carbonyl (C=O) groups is 1. The molecule has 0 aliphatic carbocycles. The molecule has 1 aliphatic heterocycles. The van der Waals surface area contributed by atoms with E-state index in [4.69, 9.17) is 4.74 Å². The Morgan fingerprint density at radius 1 is 1.44 bits per heavy atom. The number of hydrogen-bond donors (Lipinski definition) is 2. The molecule has 1 amide bonds. The van der Waals surface area contributed by atoms with E-state index in [1.54, 1.807) is 7.11 Å². The molecule has 0 aromatic carbocycles. The average molecular weight is 228 g/mol. The molecule has 4 nitrogen and oxygen atoms in total. The van der Waals surface area contributed by atoms with Crippen LogP contribution < -0.4 is 10.6 Å². The predicted octanol–water partition coefficient (Wildman–Crippen LogP) is 0.629. The molecule has 0 aromatic rings. The van der Waals surface area contributed by atoms with Gasteiger partial charge in [-0.15, -0.1) is 0 Å². The Labute approximate surface area is 98.1 Å². The lowest BCUT2D eigenvalue weighted by molar-refractivity contribution is -0.128. The van der Waals surface area contributed by atoms with Gasteiger partial charge in [0.2, 0.25) is 5.91 Å². The number of rotatable bonds is 6. The van der Waals surface area contributed by atoms with E-state index in [2.05, 4.69) is 24.5 Å². The molecule has 0 spiro atoms. The molecule has 2 unspecified atom stereocenters. The molecule has 1 fully saturated rings. The third kappa shape index (κ3) is 3.46. The van der Waals surface area contributed by atoms with Gasteiger partial charge in [-0.1, -0.05) is 20.8 Å². The number of methoxy groups -OCH3 is 1. The van der Waals surface area contributed by atoms with Gasteiger partial charge in [0.1, 0.15) is 0 Å². The first-order valence-corrected chi connectivity index (χ1v) is 6.06. The summed E-state index contributed by atoms with van der Waals surface area (Å²) >= 11 is 0. The van der Waals surface area contributed by atoms with Gasteiger partial charge >= 0.3 is 0 Å². The van der Waals surface area contributed by atoms with Crippen LogP contribution in [0.25, 0.3) is 0 Å². The summed E-state index contributed by atoms with van der Waals surface area (Å²) in [7, 11) is 1.67. The Kier molecular flexibility index (Phi) is 5.22. The highest BCUT2D eigenvalue weighted by Crippen LogP contribution is 2.16. The quantitative estimate of drug-likeness (QED) is 0.701. The van der Waals surface area contributed by atoms with Gasteiger partial charge in [-0.2, -0.15) is 0 Å². The number of hydrogen-bond acceptors (Lipinski definition) is 3. The molecule has 2 atom stereocenters. The predicted molar refractivity (Wildman–Crippen MR) is 64.2 cm³/mol. The van der Waals surface area contributed by atoms with Gasteiger partial charge in [0, 0.05) is 13.0 Å². The molecule has 16 heavy (non-hydrogen) atoms. The summed E-state index contributed by atoms with van der Waals surface area (Å²) in [5, 5.41) is 6.27. The minimum Gasteiger partial charge on any atom is -0.383 e. The molecule has 0 radical (unpaired) electrons. The summed E-state index contributed by atoms with van der Waals surface area (Å²) in [4.78, 5) is 12.0. The smallest absolute Gasteiger partial charge is 0.223 e. The Morgan fingerprint density at radius 3 is 2.44 bits per heavy atom. The molecule has 2 N–H and O–H groups in total. The molecule has 0 bridgehead atoms. The summed E-state index contributed by atoms with van der Waals surface area (Å²) < 4.78 is 5.12. The summed E-state index contributed by atoms with van der Waals surface area (Å²) in [6.45, 7) is 8.71. The molecule has 1 saturated heterocycles. The zero-order valence-electron chi connectivity index (χ0n) is 10.7. The Hall–Kier alpha value is -0.610. The highest BCUT2D eigenvalue weighted by molar-refractivity contribution is 5.79. The second-order valence-corrected chi connectivity index (χ2v) is 5.02. The van der Waals surface area contributed by atoms with E-state index < -0.39 is 0 Å². The molecule has 0 saturated carbocycles. The molecule has 0 aromatic heterocycles. The van der Waals surface area contributed by atoms with E-state index in [1.807, 2.05) is 6.92 Å². The van der Waals surface area contributed by atoms with Crippen LogP contribution in [0, 0.1) is 17.8 Å². The Morgan fingerprint density at radius 2 is 2.06 bits per heavy atom. The van der Waals surface area contributed by atoms with Crippen LogP contribution in [0.1, 0.15) is 20.8 Å². The van der Waals surface area contributed by atoms with Crippen molar-refractivity contribution in [3.8, 4) is 0 Å². The van der Waals surface area contributed by atoms with Crippen molar-refractivity contribution in [2.24, 2.45) is 17.8 Å². The molecule has 94 valence electrons. The molecule has 1 heterocycles. The number of amides is 1. The van der Waals surface area contributed by atoms with Crippen molar-refractivity contribution in [1.82, 2.24) is 10.6 Å². The number of nitrogens with one attached hydrogen (secondary N) is 2. The van der Waals surface area contributed by atoms with Crippen LogP contribution in [0.15, 0.2) is 0 Å². The summed E-state index contributed by atoms with van der Waals surface area (Å²) in [5.41, 5.74) is 0. The molecular weight excluding hydrogens is 204 g/mol. The summed E-state index contributed by atoms with van der Waals surface area (Å²) in [5.74, 6) is 1.15. The first-order valence-electron chi connectivity index (χ1n) is 6.06. The minimum atomic E-state index is 0.0966. The zero-order chi connectivity index (χ0) is 12.1. The lowest BCUT2D eigenvalue weighted by Crippen LogP contribution is -2.52. The van der Waals surface area contributed by atoms with Crippen LogP contribution in [0.2, 0.25) is 0 Å². The van der Waals surface area contributed by atoms with E-state index >= 15 is 0 Å². The first-order chi connectivity index (χ1) is 7.56. The van der Waals surface area contributed by atoms with E-state index in [0.29, 0.717) is 18.4 Å². The monoisotopic (exact) mass is 228 g/mol. The fourth-order valence-corrected chi connectivity index (χ4v) is 1.77. The van der Waals surface area contributed by atoms with Crippen molar-refractivity contribution >= 4 is 5.91 Å². The van der Waals surface area contributed by atoms with Gasteiger partial charge in [-0.05, 0) is 24.9 Å². The first kappa shape index (κ1) is 13.5. The Bertz CT molecular complexity index is 227. The van der Waals surface area contributed by atoms with Gasteiger partial charge < -0.3 is 15.4 Å². The lowest BCUT2D eigenvalue weighted by Gasteiger charge is -2.33. The van der Waals surface area contributed by atoms with Gasteiger partial charge in [-0.25, -0.2) is 0 Å². The standard InChI is InChI=1S/C12H24N2O2/c1-8(2)11(7-16-4)14-12(15)9(3)10-5-13-6-10/h8-11,13H,5-7H2,1-4H3,(H,14,15). The maximum Gasteiger partial charge on any atom is 0.223 e. The van der Waals surface area contributed by atoms with Crippen molar-refractivity contribution < 1.29 is 9.53 Å². The second kappa shape index (κ2) is 6.21. The van der Waals surface area contributed by atoms with Crippen LogP contribution in [0.4, 0.5) is 0 Å². The molecule has 1 rings (SSSR count). The number of carbonyl (C=O) groups excluding carboxylic acids is 1. The third-order valence-corrected chi connectivity index (χ3v) is 3.41. The van der Waals surface area contributed by atoms with Gasteiger partial charge in [0.15, 0.2) is 0 Å². The van der Waals surface area contributed by atoms with E-state index in [-0.39, 0.29) is 17.9 Å². The Balaban J connectivity index is 2.40. The van der Waals surface area contributed by atoms with E-state index in [0.717, 1.165) is 13.1 Å². The van der Waals surface area contributed by atoms with Crippen molar-refractivity contribution in [2.45, 2.75) is 26.8 Å². The highest BCUT2D eigenvalue weighted by atomic mass is 16.5. The van der Waals surface area contributed by atoms with Gasteiger partial charge in [0.05, 0.1) is 12.6 Å². The minimum absolute atomic E-state index is 0.0966. The van der Waals surface area contributed by atoms with Crippen LogP contribution in [0.5, 0.6) is 0 Å². The molecule has 4 heteroatoms. The average Bonchev–Trinajstić information content (AvgIpc) is 2.13. The van der Waals surface area contributed by atoms with Crippen LogP contribution in [-0.4, -0.2) is 38.8 Å². The van der Waals surface area contributed by atoms with Crippen LogP contribution >= 0.6 is 0 Å². The van der Waals surface area contributed by atoms with E-state index in [9.17, 15) is 4.79 Å². The maximum atomic E-state index is 12.0. The maximum absolute atomic E-state index is 12.0. The molecular formula is C12H24N2O2. The highest BCUT2D eigenvalue weighted by Gasteiger charge is 2.30. The fourth-order valence-electron chi connectivity index (χ4n) is 1.77. The largest absolute Gasteiger partial charge is 0.383 e. The normalized spacial score (nSPS) is 20.3. The summed E-state index contributed by atoms with van der Waals surface area (Å²) in [6, 6.07) is 0.119. The summed E-state index contributed by atoms with van der Waals surface area (Å²) in [6.07, 6.45) is 0. The van der Waals surface area contributed by atoms with Crippen LogP contribution in [0.3, 0.4) is 0 Å². The van der Waals surface area contributed by atoms with Gasteiger partial charge in [0.25, 0.3) is 0 Å². The van der Waals surface area contributed by atoms with Crippen molar-refractivity contribution in [3.63, 3.8) is 0 Å². The van der Waals surface area contributed by atoms with Gasteiger partial charge in [-0.3, -0.25) is 4.79 Å². The van der Waals surface area contributed by atoms with Crippen molar-refractivity contribution in [3.05, 3.63) is 0 Å². The molecule has 1 aliphatic rings. The third-order valence-electron chi connectivity index (χ3n) is 3.41. The SMILES string of the molecule is COCC(NC(=O)C(C)C1CNC1)C(C)C. The zero-order valence-corrected chi connectivity index (χ0v) is 10.7. The topological polar surface area (TPSA) is 50.4 Å². The lowest BCUT2D eigenvalue weighted by atomic mass is 9.88. The van der Waals surface area contributed by atoms with Crippen LogP contribution in [-0.2, 0) is 9.53 Å². The van der Waals surface area contributed by atoms with Crippen molar-refractivity contribution in [2.75, 3.05) is 26.8 Å².